The molecule has 0 bridgehead atoms. The molecule has 0 N–H and O–H groups in total. The molecule has 1 rings (SSSR count). The van der Waals surface area contributed by atoms with Crippen molar-refractivity contribution in [2.24, 2.45) is 0 Å². The molecule has 0 heterocycles. The summed E-state index contributed by atoms with van der Waals surface area (Å²) in [4.78, 5) is 0. The topological polar surface area (TPSA) is 0 Å². The fraction of sp³-hybridized carbons (Fsp3) is 0.333. The molecule has 78 valence electrons. The van der Waals surface area contributed by atoms with Crippen molar-refractivity contribution in [2.45, 2.75) is 15.8 Å². The quantitative estimate of drug-likeness (QED) is 0.588. The Balaban J connectivity index is 2.48. The van der Waals surface area contributed by atoms with Crippen LogP contribution in [-0.4, -0.2) is 20.0 Å². The predicted molar refractivity (Wildman–Crippen MR) is 51.7 cm³/mol. The van der Waals surface area contributed by atoms with E-state index in [4.69, 9.17) is 11.6 Å². The van der Waals surface area contributed by atoms with E-state index in [0.29, 0.717) is 0 Å². The Bertz CT molecular complexity index is 273. The summed E-state index contributed by atoms with van der Waals surface area (Å²) < 4.78 is 35.7. The predicted octanol–water partition coefficient (Wildman–Crippen LogP) is 3.61. The molecule has 0 aliphatic heterocycles. The summed E-state index contributed by atoms with van der Waals surface area (Å²) in [5, 5.41) is -4.60. The summed E-state index contributed by atoms with van der Waals surface area (Å²) in [6, 6.07) is 8.83. The van der Waals surface area contributed by atoms with Gasteiger partial charge in [0.05, 0.1) is 0 Å². The van der Waals surface area contributed by atoms with E-state index in [-0.39, 0.29) is 5.32 Å². The van der Waals surface area contributed by atoms with Crippen LogP contribution in [-0.2, 0) is 0 Å². The van der Waals surface area contributed by atoms with Gasteiger partial charge in [-0.15, -0.1) is 0 Å². The molecule has 0 aliphatic carbocycles. The molecule has 0 saturated carbocycles. The zero-order valence-electron chi connectivity index (χ0n) is 7.09. The van der Waals surface area contributed by atoms with Crippen molar-refractivity contribution in [3.63, 3.8) is 0 Å². The molecule has 0 aromatic heterocycles. The number of halogens is 4. The zero-order valence-corrected chi connectivity index (χ0v) is 9.56. The van der Waals surface area contributed by atoms with Gasteiger partial charge >= 0.3 is 91.4 Å². The van der Waals surface area contributed by atoms with Gasteiger partial charge in [0.15, 0.2) is 0 Å². The van der Waals surface area contributed by atoms with Gasteiger partial charge < -0.3 is 0 Å². The fourth-order valence-corrected chi connectivity index (χ4v) is 2.51. The van der Waals surface area contributed by atoms with Gasteiger partial charge in [0.25, 0.3) is 0 Å². The van der Waals surface area contributed by atoms with Crippen LogP contribution in [0.15, 0.2) is 30.3 Å². The summed E-state index contributed by atoms with van der Waals surface area (Å²) in [6.07, 6.45) is 0. The molecule has 0 amide bonds. The van der Waals surface area contributed by atoms with Gasteiger partial charge in [-0.3, -0.25) is 0 Å². The van der Waals surface area contributed by atoms with Crippen LogP contribution in [0, 0.1) is 0 Å². The van der Waals surface area contributed by atoms with Crippen LogP contribution in [0.4, 0.5) is 13.2 Å². The molecule has 0 nitrogen and oxygen atoms in total. The number of alkyl halides is 4. The maximum atomic E-state index is 11.9. The van der Waals surface area contributed by atoms with Crippen LogP contribution in [0.1, 0.15) is 10.9 Å². The van der Waals surface area contributed by atoms with Crippen molar-refractivity contribution in [3.8, 4) is 0 Å². The molecule has 1 unspecified atom stereocenters. The monoisotopic (exact) mass is 288 g/mol. The van der Waals surface area contributed by atoms with Gasteiger partial charge in [0, 0.05) is 0 Å². The van der Waals surface area contributed by atoms with Crippen LogP contribution in [0.5, 0.6) is 0 Å². The number of hydrogen-bond donors (Lipinski definition) is 0. The Kier molecular flexibility index (Phi) is 4.30. The summed E-state index contributed by atoms with van der Waals surface area (Å²) in [5.74, 6) is 0. The zero-order chi connectivity index (χ0) is 10.6. The van der Waals surface area contributed by atoms with E-state index in [1.807, 2.05) is 6.07 Å². The SMILES string of the molecule is FC(F)(F)[Se]CC(Cl)c1ccccc1. The van der Waals surface area contributed by atoms with Crippen molar-refractivity contribution in [2.75, 3.05) is 0 Å². The Morgan fingerprint density at radius 1 is 1.21 bits per heavy atom. The third-order valence-electron chi connectivity index (χ3n) is 1.55. The van der Waals surface area contributed by atoms with Crippen LogP contribution in [0.25, 0.3) is 0 Å². The molecule has 0 saturated heterocycles. The Morgan fingerprint density at radius 3 is 2.29 bits per heavy atom. The van der Waals surface area contributed by atoms with E-state index in [2.05, 4.69) is 0 Å². The number of benzene rings is 1. The van der Waals surface area contributed by atoms with Gasteiger partial charge in [-0.25, -0.2) is 0 Å². The summed E-state index contributed by atoms with van der Waals surface area (Å²) in [7, 11) is 0. The first kappa shape index (κ1) is 11.9. The second-order valence-electron chi connectivity index (χ2n) is 2.63. The molecule has 5 heteroatoms. The van der Waals surface area contributed by atoms with Crippen LogP contribution in [0.3, 0.4) is 0 Å². The van der Waals surface area contributed by atoms with Crippen molar-refractivity contribution in [1.82, 2.24) is 0 Å². The second-order valence-corrected chi connectivity index (χ2v) is 5.44. The van der Waals surface area contributed by atoms with Gasteiger partial charge in [-0.05, 0) is 0 Å². The van der Waals surface area contributed by atoms with Crippen molar-refractivity contribution in [3.05, 3.63) is 35.9 Å². The molecular formula is C9H8ClF3Se. The summed E-state index contributed by atoms with van der Waals surface area (Å²) >= 11 is 4.43. The second kappa shape index (κ2) is 5.06. The third-order valence-corrected chi connectivity index (χ3v) is 4.11. The number of rotatable bonds is 3. The van der Waals surface area contributed by atoms with Crippen molar-refractivity contribution in [1.29, 1.82) is 0 Å². The summed E-state index contributed by atoms with van der Waals surface area (Å²) in [5.41, 5.74) is 0.750. The standard InChI is InChI=1S/C9H8ClF3Se/c10-8(6-14-9(11,12)13)7-4-2-1-3-5-7/h1-5,8H,6H2. The van der Waals surface area contributed by atoms with E-state index in [0.717, 1.165) is 5.56 Å². The van der Waals surface area contributed by atoms with Gasteiger partial charge in [0.1, 0.15) is 0 Å². The average molecular weight is 288 g/mol. The Hall–Kier alpha value is -0.181. The first-order valence-electron chi connectivity index (χ1n) is 3.89. The first-order valence-corrected chi connectivity index (χ1v) is 6.39. The van der Waals surface area contributed by atoms with E-state index in [1.54, 1.807) is 24.3 Å². The Labute approximate surface area is 91.6 Å². The maximum absolute atomic E-state index is 11.9. The fourth-order valence-electron chi connectivity index (χ4n) is 0.926. The minimum atomic E-state index is -4.06. The van der Waals surface area contributed by atoms with E-state index < -0.39 is 25.4 Å². The molecule has 1 aromatic rings. The van der Waals surface area contributed by atoms with Gasteiger partial charge in [0.2, 0.25) is 0 Å². The molecular weight excluding hydrogens is 280 g/mol. The normalized spacial score (nSPS) is 14.0. The summed E-state index contributed by atoms with van der Waals surface area (Å²) in [6.45, 7) is 0. The van der Waals surface area contributed by atoms with E-state index >= 15 is 0 Å². The number of hydrogen-bond acceptors (Lipinski definition) is 0. The van der Waals surface area contributed by atoms with Gasteiger partial charge in [-0.1, -0.05) is 0 Å². The molecule has 1 atom stereocenters. The van der Waals surface area contributed by atoms with E-state index in [9.17, 15) is 13.2 Å². The van der Waals surface area contributed by atoms with Crippen LogP contribution >= 0.6 is 11.6 Å². The Morgan fingerprint density at radius 2 is 1.79 bits per heavy atom. The van der Waals surface area contributed by atoms with E-state index in [1.165, 1.54) is 0 Å². The molecule has 0 spiro atoms. The van der Waals surface area contributed by atoms with Gasteiger partial charge in [-0.2, -0.15) is 0 Å². The van der Waals surface area contributed by atoms with Crippen molar-refractivity contribution >= 4 is 26.6 Å². The van der Waals surface area contributed by atoms with Crippen LogP contribution < -0.4 is 0 Å². The average Bonchev–Trinajstić information content (AvgIpc) is 2.14. The molecule has 0 radical (unpaired) electrons. The van der Waals surface area contributed by atoms with Crippen LogP contribution in [0.2, 0.25) is 5.32 Å². The first-order chi connectivity index (χ1) is 6.49. The third kappa shape index (κ3) is 4.36. The minimum absolute atomic E-state index is 0.0118. The molecule has 0 fully saturated rings. The molecule has 14 heavy (non-hydrogen) atoms. The molecule has 0 aliphatic rings. The molecule has 1 aromatic carbocycles. The van der Waals surface area contributed by atoms with Crippen molar-refractivity contribution < 1.29 is 13.2 Å².